The second-order valence-corrected chi connectivity index (χ2v) is 5.62. The minimum Gasteiger partial charge on any atom is -0.369 e. The Balaban J connectivity index is 1.90. The van der Waals surface area contributed by atoms with Gasteiger partial charge in [-0.05, 0) is 17.7 Å². The first-order valence-electron chi connectivity index (χ1n) is 6.52. The van der Waals surface area contributed by atoms with Crippen LogP contribution < -0.4 is 15.5 Å². The Hall–Kier alpha value is -1.46. The number of hydrogen-bond donors (Lipinski definition) is 2. The maximum Gasteiger partial charge on any atom is 0.258 e. The molecule has 2 fully saturated rings. The largest absolute Gasteiger partial charge is 0.369 e. The molecule has 2 saturated heterocycles. The fraction of sp³-hybridized carbons (Fsp3) is 0.357. The molecule has 0 aliphatic carbocycles. The van der Waals surface area contributed by atoms with Gasteiger partial charge >= 0.3 is 0 Å². The quantitative estimate of drug-likeness (QED) is 0.798. The molecule has 2 heterocycles. The van der Waals surface area contributed by atoms with Crippen molar-refractivity contribution in [2.75, 3.05) is 37.0 Å². The van der Waals surface area contributed by atoms with Crippen molar-refractivity contribution < 1.29 is 4.79 Å². The van der Waals surface area contributed by atoms with Gasteiger partial charge in [-0.25, -0.2) is 0 Å². The second kappa shape index (κ2) is 5.67. The third-order valence-electron chi connectivity index (χ3n) is 3.37. The van der Waals surface area contributed by atoms with Crippen LogP contribution in [0.2, 0.25) is 0 Å². The van der Waals surface area contributed by atoms with Crippen molar-refractivity contribution >= 4 is 29.4 Å². The second-order valence-electron chi connectivity index (χ2n) is 4.60. The van der Waals surface area contributed by atoms with Crippen molar-refractivity contribution in [1.29, 1.82) is 0 Å². The highest BCUT2D eigenvalue weighted by Gasteiger charge is 2.18. The molecule has 1 aromatic carbocycles. The van der Waals surface area contributed by atoms with E-state index in [4.69, 9.17) is 0 Å². The zero-order chi connectivity index (χ0) is 13.1. The fourth-order valence-corrected chi connectivity index (χ4v) is 3.16. The van der Waals surface area contributed by atoms with Gasteiger partial charge in [0.05, 0.1) is 10.8 Å². The van der Waals surface area contributed by atoms with Gasteiger partial charge in [0.2, 0.25) is 0 Å². The summed E-state index contributed by atoms with van der Waals surface area (Å²) in [7, 11) is 0. The van der Waals surface area contributed by atoms with Crippen molar-refractivity contribution in [2.45, 2.75) is 0 Å². The van der Waals surface area contributed by atoms with Gasteiger partial charge in [0.25, 0.3) is 5.91 Å². The number of benzene rings is 1. The summed E-state index contributed by atoms with van der Waals surface area (Å²) in [5.41, 5.74) is 2.35. The highest BCUT2D eigenvalue weighted by molar-refractivity contribution is 8.04. The van der Waals surface area contributed by atoms with Crippen LogP contribution in [0.5, 0.6) is 0 Å². The maximum atomic E-state index is 11.6. The highest BCUT2D eigenvalue weighted by Crippen LogP contribution is 2.28. The minimum absolute atomic E-state index is 0.0418. The lowest BCUT2D eigenvalue weighted by molar-refractivity contribution is -0.116. The maximum absolute atomic E-state index is 11.6. The smallest absolute Gasteiger partial charge is 0.258 e. The van der Waals surface area contributed by atoms with Crippen molar-refractivity contribution in [1.82, 2.24) is 10.6 Å². The van der Waals surface area contributed by atoms with Gasteiger partial charge in [0.1, 0.15) is 0 Å². The summed E-state index contributed by atoms with van der Waals surface area (Å²) in [6.45, 7) is 4.05. The zero-order valence-corrected chi connectivity index (χ0v) is 11.5. The van der Waals surface area contributed by atoms with Gasteiger partial charge in [-0.15, -0.1) is 0 Å². The Morgan fingerprint density at radius 1 is 1.21 bits per heavy atom. The molecule has 2 N–H and O–H groups in total. The molecule has 0 aromatic heterocycles. The Morgan fingerprint density at radius 3 is 2.74 bits per heavy atom. The van der Waals surface area contributed by atoms with Crippen molar-refractivity contribution in [2.24, 2.45) is 0 Å². The first-order valence-corrected chi connectivity index (χ1v) is 7.50. The molecule has 0 saturated carbocycles. The number of amides is 1. The minimum atomic E-state index is 0.0418. The lowest BCUT2D eigenvalue weighted by Gasteiger charge is -2.30. The molecule has 3 rings (SSSR count). The van der Waals surface area contributed by atoms with E-state index in [0.717, 1.165) is 36.6 Å². The van der Waals surface area contributed by atoms with Gasteiger partial charge in [0.15, 0.2) is 0 Å². The number of piperazine rings is 1. The average Bonchev–Trinajstić information content (AvgIpc) is 2.86. The van der Waals surface area contributed by atoms with Crippen LogP contribution in [0.3, 0.4) is 0 Å². The van der Waals surface area contributed by atoms with E-state index in [1.165, 1.54) is 5.69 Å². The van der Waals surface area contributed by atoms with E-state index in [0.29, 0.717) is 5.88 Å². The van der Waals surface area contributed by atoms with Crippen LogP contribution in [-0.4, -0.2) is 38.0 Å². The number of hydrogen-bond acceptors (Lipinski definition) is 4. The summed E-state index contributed by atoms with van der Waals surface area (Å²) < 4.78 is 0. The third-order valence-corrected chi connectivity index (χ3v) is 4.27. The van der Waals surface area contributed by atoms with Crippen LogP contribution in [0, 0.1) is 0 Å². The predicted octanol–water partition coefficient (Wildman–Crippen LogP) is 1.26. The van der Waals surface area contributed by atoms with Crippen LogP contribution in [0.1, 0.15) is 5.56 Å². The zero-order valence-electron chi connectivity index (χ0n) is 10.7. The van der Waals surface area contributed by atoms with E-state index in [1.54, 1.807) is 11.8 Å². The molecule has 100 valence electrons. The molecule has 19 heavy (non-hydrogen) atoms. The third kappa shape index (κ3) is 2.77. The van der Waals surface area contributed by atoms with Crippen LogP contribution in [0.4, 0.5) is 5.69 Å². The molecule has 0 spiro atoms. The summed E-state index contributed by atoms with van der Waals surface area (Å²) >= 11 is 1.57. The van der Waals surface area contributed by atoms with Crippen molar-refractivity contribution in [3.8, 4) is 0 Å². The van der Waals surface area contributed by atoms with E-state index in [9.17, 15) is 4.79 Å². The van der Waals surface area contributed by atoms with Crippen molar-refractivity contribution in [3.63, 3.8) is 0 Å². The van der Waals surface area contributed by atoms with Gasteiger partial charge in [0, 0.05) is 31.9 Å². The normalized spacial score (nSPS) is 21.8. The topological polar surface area (TPSA) is 44.4 Å². The first kappa shape index (κ1) is 12.6. The number of nitrogens with zero attached hydrogens (tertiary/aromatic N) is 1. The number of para-hydroxylation sites is 1. The van der Waals surface area contributed by atoms with E-state index in [1.807, 2.05) is 12.1 Å². The molecule has 0 radical (unpaired) electrons. The number of carbonyl (C=O) groups is 1. The van der Waals surface area contributed by atoms with Crippen LogP contribution >= 0.6 is 11.8 Å². The monoisotopic (exact) mass is 275 g/mol. The van der Waals surface area contributed by atoms with Gasteiger partial charge in [-0.2, -0.15) is 0 Å². The molecule has 2 aliphatic heterocycles. The molecule has 0 unspecified atom stereocenters. The number of thioether (sulfide) groups is 1. The predicted molar refractivity (Wildman–Crippen MR) is 80.1 cm³/mol. The lowest BCUT2D eigenvalue weighted by atomic mass is 10.1. The highest BCUT2D eigenvalue weighted by atomic mass is 32.2. The Labute approximate surface area is 117 Å². The average molecular weight is 275 g/mol. The van der Waals surface area contributed by atoms with Gasteiger partial charge in [-0.1, -0.05) is 30.0 Å². The molecule has 1 amide bonds. The number of anilines is 1. The number of nitrogens with one attached hydrogen (secondary N) is 2. The molecular weight excluding hydrogens is 258 g/mol. The van der Waals surface area contributed by atoms with Crippen molar-refractivity contribution in [3.05, 3.63) is 34.7 Å². The lowest BCUT2D eigenvalue weighted by Crippen LogP contribution is -2.43. The van der Waals surface area contributed by atoms with Crippen LogP contribution in [0.25, 0.3) is 6.08 Å². The summed E-state index contributed by atoms with van der Waals surface area (Å²) in [4.78, 5) is 14.8. The van der Waals surface area contributed by atoms with Gasteiger partial charge < -0.3 is 15.5 Å². The summed E-state index contributed by atoms with van der Waals surface area (Å²) in [5, 5.41) is 6.18. The van der Waals surface area contributed by atoms with E-state index in [2.05, 4.69) is 33.7 Å². The first-order chi connectivity index (χ1) is 9.34. The van der Waals surface area contributed by atoms with Gasteiger partial charge in [-0.3, -0.25) is 4.79 Å². The standard InChI is InChI=1S/C14H17N3OS/c18-14-13(19-10-16-14)9-11-3-1-2-4-12(11)17-7-5-15-6-8-17/h1-4,9,15H,5-8,10H2,(H,16,18). The molecule has 5 heteroatoms. The SMILES string of the molecule is O=C1NCSC1=Cc1ccccc1N1CCNCC1. The summed E-state index contributed by atoms with van der Waals surface area (Å²) in [5.74, 6) is 0.723. The Morgan fingerprint density at radius 2 is 2.00 bits per heavy atom. The molecule has 4 nitrogen and oxygen atoms in total. The van der Waals surface area contributed by atoms with E-state index in [-0.39, 0.29) is 5.91 Å². The summed E-state index contributed by atoms with van der Waals surface area (Å²) in [6.07, 6.45) is 2.00. The van der Waals surface area contributed by atoms with E-state index >= 15 is 0 Å². The number of carbonyl (C=O) groups excluding carboxylic acids is 1. The van der Waals surface area contributed by atoms with E-state index < -0.39 is 0 Å². The van der Waals surface area contributed by atoms with Crippen LogP contribution in [-0.2, 0) is 4.79 Å². The van der Waals surface area contributed by atoms with Crippen LogP contribution in [0.15, 0.2) is 29.2 Å². The Bertz CT molecular complexity index is 509. The molecule has 0 atom stereocenters. The summed E-state index contributed by atoms with van der Waals surface area (Å²) in [6, 6.07) is 8.29. The molecule has 2 aliphatic rings. The Kier molecular flexibility index (Phi) is 3.75. The fourth-order valence-electron chi connectivity index (χ4n) is 2.38. The molecule has 0 bridgehead atoms. The number of rotatable bonds is 2. The molecular formula is C14H17N3OS. The molecule has 1 aromatic rings.